The van der Waals surface area contributed by atoms with E-state index in [4.69, 9.17) is 5.11 Å². The third kappa shape index (κ3) is 2.72. The fraction of sp³-hybridized carbons (Fsp3) is 0.143. The molecular weight excluding hydrogens is 226 g/mol. The van der Waals surface area contributed by atoms with Gasteiger partial charge in [0.05, 0.1) is 4.92 Å². The second-order valence-corrected chi connectivity index (χ2v) is 4.13. The van der Waals surface area contributed by atoms with Crippen molar-refractivity contribution in [3.05, 3.63) is 39.9 Å². The van der Waals surface area contributed by atoms with Crippen LogP contribution in [0.3, 0.4) is 0 Å². The van der Waals surface area contributed by atoms with Crippen LogP contribution in [0, 0.1) is 10.1 Å². The van der Waals surface area contributed by atoms with Gasteiger partial charge in [0.2, 0.25) is 0 Å². The molecule has 0 amide bonds. The average Bonchev–Trinajstić information content (AvgIpc) is 2.15. The van der Waals surface area contributed by atoms with Gasteiger partial charge in [0, 0.05) is 17.7 Å². The van der Waals surface area contributed by atoms with E-state index in [1.54, 1.807) is 0 Å². The summed E-state index contributed by atoms with van der Waals surface area (Å²) >= 11 is 0. The van der Waals surface area contributed by atoms with E-state index in [-0.39, 0.29) is 5.56 Å². The second-order valence-electron chi connectivity index (χ2n) is 2.70. The molecular formula is C7H6NO6S-. The molecule has 1 aromatic carbocycles. The number of rotatable bonds is 3. The first kappa shape index (κ1) is 11.6. The van der Waals surface area contributed by atoms with Crippen LogP contribution in [0.5, 0.6) is 0 Å². The quantitative estimate of drug-likeness (QED) is 0.449. The molecule has 0 saturated carbocycles. The van der Waals surface area contributed by atoms with Gasteiger partial charge in [-0.2, -0.15) is 0 Å². The standard InChI is InChI=1S/C7H7NO6S/c9-7(15(12,13)14)5-2-1-3-6(4-5)8(10)11/h1-4,7,9H,(H,12,13,14)/p-1/t7-/m1/s1. The molecule has 1 atom stereocenters. The molecule has 15 heavy (non-hydrogen) atoms. The smallest absolute Gasteiger partial charge is 0.269 e. The molecule has 0 aromatic heterocycles. The van der Waals surface area contributed by atoms with E-state index in [0.717, 1.165) is 18.2 Å². The van der Waals surface area contributed by atoms with Crippen molar-refractivity contribution in [1.29, 1.82) is 0 Å². The van der Waals surface area contributed by atoms with Gasteiger partial charge < -0.3 is 9.66 Å². The highest BCUT2D eigenvalue weighted by atomic mass is 32.2. The van der Waals surface area contributed by atoms with E-state index in [1.165, 1.54) is 6.07 Å². The summed E-state index contributed by atoms with van der Waals surface area (Å²) < 4.78 is 31.3. The van der Waals surface area contributed by atoms with E-state index in [0.29, 0.717) is 0 Å². The maximum atomic E-state index is 10.4. The average molecular weight is 232 g/mol. The number of aliphatic hydroxyl groups is 1. The Morgan fingerprint density at radius 3 is 2.47 bits per heavy atom. The van der Waals surface area contributed by atoms with Gasteiger partial charge in [0.1, 0.15) is 10.1 Å². The third-order valence-electron chi connectivity index (χ3n) is 1.64. The van der Waals surface area contributed by atoms with E-state index < -0.39 is 26.2 Å². The van der Waals surface area contributed by atoms with Gasteiger partial charge in [-0.15, -0.1) is 0 Å². The largest absolute Gasteiger partial charge is 0.746 e. The summed E-state index contributed by atoms with van der Waals surface area (Å²) in [4.78, 5) is 9.57. The highest BCUT2D eigenvalue weighted by molar-refractivity contribution is 7.85. The molecule has 1 aromatic rings. The summed E-state index contributed by atoms with van der Waals surface area (Å²) in [5.74, 6) is 0. The molecule has 1 rings (SSSR count). The zero-order valence-electron chi connectivity index (χ0n) is 7.23. The number of nitro benzene ring substituents is 1. The number of non-ortho nitro benzene ring substituents is 1. The molecule has 8 heteroatoms. The number of aliphatic hydroxyl groups excluding tert-OH is 1. The predicted molar refractivity (Wildman–Crippen MR) is 47.8 cm³/mol. The predicted octanol–water partition coefficient (Wildman–Crippen LogP) is 0.131. The third-order valence-corrected chi connectivity index (χ3v) is 2.46. The van der Waals surface area contributed by atoms with Crippen molar-refractivity contribution in [2.75, 3.05) is 0 Å². The van der Waals surface area contributed by atoms with Crippen molar-refractivity contribution in [3.63, 3.8) is 0 Å². The number of nitro groups is 1. The van der Waals surface area contributed by atoms with Crippen molar-refractivity contribution >= 4 is 15.8 Å². The Hall–Kier alpha value is -1.51. The molecule has 0 bridgehead atoms. The Kier molecular flexibility index (Phi) is 3.03. The zero-order valence-corrected chi connectivity index (χ0v) is 8.05. The van der Waals surface area contributed by atoms with Crippen LogP contribution in [0.15, 0.2) is 24.3 Å². The van der Waals surface area contributed by atoms with Gasteiger partial charge in [0.25, 0.3) is 5.69 Å². The van der Waals surface area contributed by atoms with Crippen molar-refractivity contribution in [3.8, 4) is 0 Å². The molecule has 0 aliphatic carbocycles. The lowest BCUT2D eigenvalue weighted by molar-refractivity contribution is -0.384. The SMILES string of the molecule is O=[N+]([O-])c1cccc([C@H](O)S(=O)(=O)[O-])c1. The molecule has 0 unspecified atom stereocenters. The molecule has 0 fully saturated rings. The molecule has 0 aliphatic rings. The minimum Gasteiger partial charge on any atom is -0.746 e. The van der Waals surface area contributed by atoms with Crippen LogP contribution in [0.25, 0.3) is 0 Å². The maximum Gasteiger partial charge on any atom is 0.269 e. The van der Waals surface area contributed by atoms with Gasteiger partial charge in [-0.3, -0.25) is 10.1 Å². The summed E-state index contributed by atoms with van der Waals surface area (Å²) in [6.07, 6.45) is 0. The number of hydrogen-bond acceptors (Lipinski definition) is 6. The minimum absolute atomic E-state index is 0.320. The van der Waals surface area contributed by atoms with Crippen molar-refractivity contribution in [2.24, 2.45) is 0 Å². The Labute approximate surface area is 84.9 Å². The van der Waals surface area contributed by atoms with E-state index in [9.17, 15) is 23.1 Å². The summed E-state index contributed by atoms with van der Waals surface area (Å²) in [6.45, 7) is 0. The maximum absolute atomic E-state index is 10.4. The van der Waals surface area contributed by atoms with Gasteiger partial charge in [-0.05, 0) is 0 Å². The van der Waals surface area contributed by atoms with Crippen LogP contribution in [0.4, 0.5) is 5.69 Å². The Balaban J connectivity index is 3.17. The zero-order chi connectivity index (χ0) is 11.6. The monoisotopic (exact) mass is 232 g/mol. The second kappa shape index (κ2) is 3.93. The first-order valence-corrected chi connectivity index (χ1v) is 5.16. The minimum atomic E-state index is -4.92. The lowest BCUT2D eigenvalue weighted by atomic mass is 10.2. The number of nitrogens with zero attached hydrogens (tertiary/aromatic N) is 1. The van der Waals surface area contributed by atoms with Crippen LogP contribution in [-0.2, 0) is 10.1 Å². The number of benzene rings is 1. The van der Waals surface area contributed by atoms with E-state index in [2.05, 4.69) is 0 Å². The summed E-state index contributed by atoms with van der Waals surface area (Å²) in [7, 11) is -4.92. The van der Waals surface area contributed by atoms with Gasteiger partial charge in [-0.1, -0.05) is 12.1 Å². The van der Waals surface area contributed by atoms with E-state index >= 15 is 0 Å². The van der Waals surface area contributed by atoms with Crippen LogP contribution >= 0.6 is 0 Å². The molecule has 7 nitrogen and oxygen atoms in total. The molecule has 0 saturated heterocycles. The van der Waals surface area contributed by atoms with Crippen molar-refractivity contribution in [2.45, 2.75) is 5.44 Å². The Morgan fingerprint density at radius 2 is 2.00 bits per heavy atom. The van der Waals surface area contributed by atoms with Gasteiger partial charge in [0.15, 0.2) is 5.44 Å². The van der Waals surface area contributed by atoms with Crippen LogP contribution in [0.1, 0.15) is 11.0 Å². The molecule has 1 N–H and O–H groups in total. The van der Waals surface area contributed by atoms with Crippen molar-refractivity contribution in [1.82, 2.24) is 0 Å². The molecule has 0 spiro atoms. The first-order valence-electron chi connectivity index (χ1n) is 3.69. The highest BCUT2D eigenvalue weighted by Gasteiger charge is 2.17. The Morgan fingerprint density at radius 1 is 1.40 bits per heavy atom. The normalized spacial score (nSPS) is 13.5. The molecule has 0 aliphatic heterocycles. The summed E-state index contributed by atoms with van der Waals surface area (Å²) in [5, 5.41) is 19.4. The van der Waals surface area contributed by atoms with Gasteiger partial charge >= 0.3 is 0 Å². The fourth-order valence-electron chi connectivity index (χ4n) is 0.959. The highest BCUT2D eigenvalue weighted by Crippen LogP contribution is 2.22. The van der Waals surface area contributed by atoms with Crippen LogP contribution in [0.2, 0.25) is 0 Å². The fourth-order valence-corrected chi connectivity index (χ4v) is 1.44. The molecule has 0 radical (unpaired) electrons. The number of hydrogen-bond donors (Lipinski definition) is 1. The van der Waals surface area contributed by atoms with Crippen LogP contribution in [-0.4, -0.2) is 23.0 Å². The molecule has 0 heterocycles. The topological polar surface area (TPSA) is 121 Å². The first-order chi connectivity index (χ1) is 6.82. The van der Waals surface area contributed by atoms with Gasteiger partial charge in [-0.25, -0.2) is 8.42 Å². The summed E-state index contributed by atoms with van der Waals surface area (Å²) in [5.41, 5.74) is -2.99. The molecule has 82 valence electrons. The lowest BCUT2D eigenvalue weighted by Gasteiger charge is -2.14. The van der Waals surface area contributed by atoms with Crippen LogP contribution < -0.4 is 0 Å². The van der Waals surface area contributed by atoms with E-state index in [1.807, 2.05) is 0 Å². The lowest BCUT2D eigenvalue weighted by Crippen LogP contribution is -2.11. The Bertz CT molecular complexity index is 482. The van der Waals surface area contributed by atoms with Crippen molar-refractivity contribution < 1.29 is 23.0 Å². The summed E-state index contributed by atoms with van der Waals surface area (Å²) in [6, 6.07) is 4.25.